The SMILES string of the molecule is CCCCSc1ccc(C(C)=NNC(=N)N)cc1. The first-order valence-electron chi connectivity index (χ1n) is 6.01. The van der Waals surface area contributed by atoms with Gasteiger partial charge >= 0.3 is 0 Å². The van der Waals surface area contributed by atoms with Crippen LogP contribution in [0.5, 0.6) is 0 Å². The monoisotopic (exact) mass is 264 g/mol. The average Bonchev–Trinajstić information content (AvgIpc) is 2.37. The lowest BCUT2D eigenvalue weighted by Crippen LogP contribution is -2.26. The van der Waals surface area contributed by atoms with Crippen molar-refractivity contribution >= 4 is 23.4 Å². The molecular formula is C13H20N4S. The minimum atomic E-state index is -0.152. The summed E-state index contributed by atoms with van der Waals surface area (Å²) in [7, 11) is 0. The Bertz CT molecular complexity index is 412. The van der Waals surface area contributed by atoms with Crippen LogP contribution in [-0.4, -0.2) is 17.4 Å². The second-order valence-corrected chi connectivity index (χ2v) is 5.12. The summed E-state index contributed by atoms with van der Waals surface area (Å²) in [4.78, 5) is 1.28. The molecule has 5 heteroatoms. The zero-order chi connectivity index (χ0) is 13.4. The molecule has 0 spiro atoms. The molecule has 0 heterocycles. The number of rotatable bonds is 6. The zero-order valence-corrected chi connectivity index (χ0v) is 11.7. The van der Waals surface area contributed by atoms with Gasteiger partial charge in [0.25, 0.3) is 0 Å². The second-order valence-electron chi connectivity index (χ2n) is 3.95. The van der Waals surface area contributed by atoms with E-state index in [1.165, 1.54) is 17.7 Å². The van der Waals surface area contributed by atoms with Gasteiger partial charge in [-0.1, -0.05) is 25.5 Å². The van der Waals surface area contributed by atoms with E-state index < -0.39 is 0 Å². The molecule has 0 saturated heterocycles. The van der Waals surface area contributed by atoms with Gasteiger partial charge in [-0.3, -0.25) is 5.41 Å². The van der Waals surface area contributed by atoms with Crippen LogP contribution in [0.3, 0.4) is 0 Å². The van der Waals surface area contributed by atoms with Gasteiger partial charge in [0, 0.05) is 4.90 Å². The van der Waals surface area contributed by atoms with Crippen molar-refractivity contribution in [3.8, 4) is 0 Å². The summed E-state index contributed by atoms with van der Waals surface area (Å²) in [6, 6.07) is 8.27. The number of benzene rings is 1. The fourth-order valence-electron chi connectivity index (χ4n) is 1.34. The molecule has 0 bridgehead atoms. The van der Waals surface area contributed by atoms with Crippen LogP contribution >= 0.6 is 11.8 Å². The fourth-order valence-corrected chi connectivity index (χ4v) is 2.33. The molecular weight excluding hydrogens is 244 g/mol. The van der Waals surface area contributed by atoms with E-state index in [0.717, 1.165) is 17.0 Å². The molecule has 0 unspecified atom stereocenters. The molecule has 4 nitrogen and oxygen atoms in total. The van der Waals surface area contributed by atoms with Crippen LogP contribution in [0, 0.1) is 5.41 Å². The lowest BCUT2D eigenvalue weighted by Gasteiger charge is -2.04. The number of unbranched alkanes of at least 4 members (excludes halogenated alkanes) is 1. The Morgan fingerprint density at radius 3 is 2.61 bits per heavy atom. The first-order chi connectivity index (χ1) is 8.63. The van der Waals surface area contributed by atoms with Crippen molar-refractivity contribution in [1.82, 2.24) is 5.43 Å². The summed E-state index contributed by atoms with van der Waals surface area (Å²) in [5.41, 5.74) is 9.46. The van der Waals surface area contributed by atoms with E-state index in [9.17, 15) is 0 Å². The first-order valence-corrected chi connectivity index (χ1v) is 6.99. The van der Waals surface area contributed by atoms with Gasteiger partial charge in [-0.05, 0) is 36.8 Å². The lowest BCUT2D eigenvalue weighted by atomic mass is 10.1. The second kappa shape index (κ2) is 7.76. The lowest BCUT2D eigenvalue weighted by molar-refractivity contribution is 0.896. The van der Waals surface area contributed by atoms with Crippen molar-refractivity contribution in [2.75, 3.05) is 5.75 Å². The summed E-state index contributed by atoms with van der Waals surface area (Å²) in [6.45, 7) is 4.08. The predicted molar refractivity (Wildman–Crippen MR) is 79.3 cm³/mol. The quantitative estimate of drug-likeness (QED) is 0.243. The van der Waals surface area contributed by atoms with Crippen LogP contribution in [0.1, 0.15) is 32.3 Å². The molecule has 0 aliphatic heterocycles. The number of nitrogens with zero attached hydrogens (tertiary/aromatic N) is 1. The standard InChI is InChI=1S/C13H20N4S/c1-3-4-9-18-12-7-5-11(6-8-12)10(2)16-17-13(14)15/h5-8H,3-4,9H2,1-2H3,(H4,14,15,17). The van der Waals surface area contributed by atoms with Crippen LogP contribution in [0.15, 0.2) is 34.3 Å². The van der Waals surface area contributed by atoms with Gasteiger partial charge in [0.2, 0.25) is 5.96 Å². The van der Waals surface area contributed by atoms with E-state index in [2.05, 4.69) is 29.6 Å². The Kier molecular flexibility index (Phi) is 6.28. The molecule has 1 aromatic carbocycles. The van der Waals surface area contributed by atoms with Crippen LogP contribution in [0.2, 0.25) is 0 Å². The van der Waals surface area contributed by atoms with E-state index in [0.29, 0.717) is 0 Å². The van der Waals surface area contributed by atoms with Crippen molar-refractivity contribution in [3.63, 3.8) is 0 Å². The van der Waals surface area contributed by atoms with Crippen molar-refractivity contribution in [1.29, 1.82) is 5.41 Å². The summed E-state index contributed by atoms with van der Waals surface area (Å²) >= 11 is 1.87. The molecule has 4 N–H and O–H groups in total. The number of hydrogen-bond acceptors (Lipinski definition) is 3. The maximum Gasteiger partial charge on any atom is 0.206 e. The number of hydrogen-bond donors (Lipinski definition) is 3. The molecule has 0 amide bonds. The number of nitrogens with two attached hydrogens (primary N) is 1. The van der Waals surface area contributed by atoms with E-state index in [1.807, 2.05) is 30.8 Å². The van der Waals surface area contributed by atoms with Gasteiger partial charge in [0.05, 0.1) is 5.71 Å². The number of thioether (sulfide) groups is 1. The molecule has 0 aliphatic carbocycles. The third-order valence-electron chi connectivity index (χ3n) is 2.38. The van der Waals surface area contributed by atoms with Crippen LogP contribution in [0.25, 0.3) is 0 Å². The highest BCUT2D eigenvalue weighted by molar-refractivity contribution is 7.99. The fraction of sp³-hybridized carbons (Fsp3) is 0.385. The average molecular weight is 264 g/mol. The molecule has 0 fully saturated rings. The van der Waals surface area contributed by atoms with Crippen LogP contribution in [-0.2, 0) is 0 Å². The Labute approximate surface area is 113 Å². The van der Waals surface area contributed by atoms with E-state index in [-0.39, 0.29) is 5.96 Å². The maximum absolute atomic E-state index is 7.03. The minimum Gasteiger partial charge on any atom is -0.369 e. The van der Waals surface area contributed by atoms with Gasteiger partial charge in [0.15, 0.2) is 0 Å². The van der Waals surface area contributed by atoms with Gasteiger partial charge in [-0.25, -0.2) is 5.43 Å². The summed E-state index contributed by atoms with van der Waals surface area (Å²) in [5.74, 6) is 1.01. The molecule has 1 aromatic rings. The van der Waals surface area contributed by atoms with Crippen LogP contribution < -0.4 is 11.2 Å². The van der Waals surface area contributed by atoms with Gasteiger partial charge in [-0.2, -0.15) is 5.10 Å². The van der Waals surface area contributed by atoms with Crippen LogP contribution in [0.4, 0.5) is 0 Å². The summed E-state index contributed by atoms with van der Waals surface area (Å²) in [6.07, 6.45) is 2.48. The predicted octanol–water partition coefficient (Wildman–Crippen LogP) is 2.79. The normalized spacial score (nSPS) is 11.3. The Hall–Kier alpha value is -1.49. The topological polar surface area (TPSA) is 74.3 Å². The molecule has 98 valence electrons. The molecule has 0 aromatic heterocycles. The smallest absolute Gasteiger partial charge is 0.206 e. The number of guanidine groups is 1. The zero-order valence-electron chi connectivity index (χ0n) is 10.9. The third-order valence-corrected chi connectivity index (χ3v) is 3.48. The summed E-state index contributed by atoms with van der Waals surface area (Å²) in [5, 5.41) is 11.0. The Balaban J connectivity index is 2.59. The first kappa shape index (κ1) is 14.6. The largest absolute Gasteiger partial charge is 0.369 e. The maximum atomic E-state index is 7.03. The van der Waals surface area contributed by atoms with Crippen molar-refractivity contribution < 1.29 is 0 Å². The summed E-state index contributed by atoms with van der Waals surface area (Å²) < 4.78 is 0. The van der Waals surface area contributed by atoms with E-state index >= 15 is 0 Å². The molecule has 0 aliphatic rings. The number of nitrogens with one attached hydrogen (secondary N) is 2. The molecule has 0 radical (unpaired) electrons. The van der Waals surface area contributed by atoms with Crippen molar-refractivity contribution in [3.05, 3.63) is 29.8 Å². The van der Waals surface area contributed by atoms with Gasteiger partial charge < -0.3 is 5.73 Å². The van der Waals surface area contributed by atoms with E-state index in [4.69, 9.17) is 11.1 Å². The van der Waals surface area contributed by atoms with Crippen molar-refractivity contribution in [2.24, 2.45) is 10.8 Å². The highest BCUT2D eigenvalue weighted by Crippen LogP contribution is 2.19. The van der Waals surface area contributed by atoms with E-state index in [1.54, 1.807) is 0 Å². The Morgan fingerprint density at radius 2 is 2.06 bits per heavy atom. The van der Waals surface area contributed by atoms with Gasteiger partial charge in [0.1, 0.15) is 0 Å². The Morgan fingerprint density at radius 1 is 1.39 bits per heavy atom. The molecule has 0 saturated carbocycles. The minimum absolute atomic E-state index is 0.152. The third kappa shape index (κ3) is 5.23. The van der Waals surface area contributed by atoms with Gasteiger partial charge in [-0.15, -0.1) is 11.8 Å². The molecule has 1 rings (SSSR count). The van der Waals surface area contributed by atoms with Crippen molar-refractivity contribution in [2.45, 2.75) is 31.6 Å². The molecule has 0 atom stereocenters. The number of hydrazone groups is 1. The highest BCUT2D eigenvalue weighted by Gasteiger charge is 1.99. The molecule has 18 heavy (non-hydrogen) atoms. The highest BCUT2D eigenvalue weighted by atomic mass is 32.2.